The first-order valence-corrected chi connectivity index (χ1v) is 9.60. The lowest BCUT2D eigenvalue weighted by Gasteiger charge is -2.25. The number of nitrogens with zero attached hydrogens (tertiary/aromatic N) is 3. The molecule has 154 valence electrons. The molecule has 0 radical (unpaired) electrons. The van der Waals surface area contributed by atoms with Crippen molar-refractivity contribution < 1.29 is 18.7 Å². The van der Waals surface area contributed by atoms with Gasteiger partial charge >= 0.3 is 0 Å². The fourth-order valence-corrected chi connectivity index (χ4v) is 3.36. The van der Waals surface area contributed by atoms with Gasteiger partial charge in [-0.25, -0.2) is 9.07 Å². The van der Waals surface area contributed by atoms with E-state index in [9.17, 15) is 14.0 Å². The van der Waals surface area contributed by atoms with Crippen LogP contribution in [0.4, 0.5) is 10.2 Å². The summed E-state index contributed by atoms with van der Waals surface area (Å²) >= 11 is 0. The largest absolute Gasteiger partial charge is 0.383 e. The molecule has 30 heavy (non-hydrogen) atoms. The van der Waals surface area contributed by atoms with Crippen molar-refractivity contribution in [3.05, 3.63) is 77.2 Å². The molecule has 1 aliphatic heterocycles. The number of benzene rings is 2. The average Bonchev–Trinajstić information content (AvgIpc) is 3.16. The monoisotopic (exact) mass is 408 g/mol. The van der Waals surface area contributed by atoms with Crippen LogP contribution in [0, 0.1) is 5.82 Å². The molecule has 0 aliphatic carbocycles. The number of rotatable bonds is 6. The zero-order chi connectivity index (χ0) is 21.1. The molecule has 0 bridgehead atoms. The Balaban J connectivity index is 1.54. The smallest absolute Gasteiger partial charge is 0.198 e. The summed E-state index contributed by atoms with van der Waals surface area (Å²) in [5.74, 6) is -0.612. The second kappa shape index (κ2) is 8.56. The molecule has 4 rings (SSSR count). The van der Waals surface area contributed by atoms with Gasteiger partial charge in [0.2, 0.25) is 0 Å². The van der Waals surface area contributed by atoms with E-state index in [1.165, 1.54) is 35.1 Å². The number of anilines is 1. The number of Topliss-reactive ketones (excluding diaryl/α,β-unsaturated/α-hetero) is 1. The van der Waals surface area contributed by atoms with E-state index >= 15 is 0 Å². The van der Waals surface area contributed by atoms with Crippen LogP contribution in [0.3, 0.4) is 0 Å². The predicted molar refractivity (Wildman–Crippen MR) is 109 cm³/mol. The molecule has 0 atom stereocenters. The summed E-state index contributed by atoms with van der Waals surface area (Å²) in [6, 6.07) is 12.2. The Bertz CT molecular complexity index is 1070. The van der Waals surface area contributed by atoms with Crippen molar-refractivity contribution in [1.82, 2.24) is 14.7 Å². The topological polar surface area (TPSA) is 90.5 Å². The molecular weight excluding hydrogens is 387 g/mol. The van der Waals surface area contributed by atoms with Crippen LogP contribution in [0.1, 0.15) is 26.3 Å². The zero-order valence-electron chi connectivity index (χ0n) is 16.3. The summed E-state index contributed by atoms with van der Waals surface area (Å²) in [5, 5.41) is 4.16. The molecule has 1 saturated heterocycles. The molecule has 8 heteroatoms. The van der Waals surface area contributed by atoms with Crippen molar-refractivity contribution in [2.24, 2.45) is 0 Å². The number of carbonyl (C=O) groups excluding carboxylic acids is 2. The molecule has 1 aromatic heterocycles. The Labute approximate surface area is 172 Å². The van der Waals surface area contributed by atoms with E-state index in [4.69, 9.17) is 10.5 Å². The van der Waals surface area contributed by atoms with Gasteiger partial charge in [-0.2, -0.15) is 5.10 Å². The highest BCUT2D eigenvalue weighted by atomic mass is 19.1. The molecule has 2 heterocycles. The van der Waals surface area contributed by atoms with Crippen LogP contribution >= 0.6 is 0 Å². The highest BCUT2D eigenvalue weighted by molar-refractivity contribution is 6.12. The van der Waals surface area contributed by atoms with E-state index < -0.39 is 0 Å². The first kappa shape index (κ1) is 19.9. The number of morpholine rings is 1. The molecule has 1 fully saturated rings. The Hall–Kier alpha value is -3.36. The van der Waals surface area contributed by atoms with Crippen molar-refractivity contribution in [3.63, 3.8) is 0 Å². The summed E-state index contributed by atoms with van der Waals surface area (Å²) in [6.07, 6.45) is 1.38. The van der Waals surface area contributed by atoms with Gasteiger partial charge in [-0.1, -0.05) is 18.2 Å². The van der Waals surface area contributed by atoms with Gasteiger partial charge in [0.15, 0.2) is 11.6 Å². The summed E-state index contributed by atoms with van der Waals surface area (Å²) in [6.45, 7) is 2.94. The fraction of sp³-hybridized carbons (Fsp3) is 0.227. The third-order valence-electron chi connectivity index (χ3n) is 5.04. The zero-order valence-corrected chi connectivity index (χ0v) is 16.3. The minimum absolute atomic E-state index is 0.0541. The maximum absolute atomic E-state index is 13.2. The minimum Gasteiger partial charge on any atom is -0.383 e. The van der Waals surface area contributed by atoms with Gasteiger partial charge in [0, 0.05) is 24.2 Å². The molecule has 7 nitrogen and oxygen atoms in total. The van der Waals surface area contributed by atoms with Crippen molar-refractivity contribution in [2.75, 3.05) is 38.6 Å². The third kappa shape index (κ3) is 4.14. The van der Waals surface area contributed by atoms with Crippen LogP contribution in [0.25, 0.3) is 5.69 Å². The van der Waals surface area contributed by atoms with Crippen LogP contribution < -0.4 is 5.73 Å². The molecule has 2 N–H and O–H groups in total. The van der Waals surface area contributed by atoms with E-state index in [0.29, 0.717) is 43.1 Å². The number of hydrogen-bond acceptors (Lipinski definition) is 6. The fourth-order valence-electron chi connectivity index (χ4n) is 3.36. The predicted octanol–water partition coefficient (Wildman–Crippen LogP) is 2.34. The molecular formula is C22H21FN4O3. The number of ketones is 2. The Kier molecular flexibility index (Phi) is 5.69. The second-order valence-electron chi connectivity index (χ2n) is 7.05. The number of carbonyl (C=O) groups is 2. The van der Waals surface area contributed by atoms with E-state index in [2.05, 4.69) is 5.10 Å². The quantitative estimate of drug-likeness (QED) is 0.630. The van der Waals surface area contributed by atoms with Gasteiger partial charge in [0.05, 0.1) is 37.2 Å². The van der Waals surface area contributed by atoms with Gasteiger partial charge in [0.1, 0.15) is 11.6 Å². The Morgan fingerprint density at radius 3 is 2.50 bits per heavy atom. The molecule has 0 amide bonds. The van der Waals surface area contributed by atoms with Crippen LogP contribution in [0.2, 0.25) is 0 Å². The number of nitrogens with two attached hydrogens (primary N) is 1. The normalized spacial score (nSPS) is 14.6. The number of halogens is 1. The van der Waals surface area contributed by atoms with Gasteiger partial charge in [0.25, 0.3) is 0 Å². The van der Waals surface area contributed by atoms with Crippen molar-refractivity contribution in [2.45, 2.75) is 0 Å². The van der Waals surface area contributed by atoms with Gasteiger partial charge in [-0.15, -0.1) is 0 Å². The lowest BCUT2D eigenvalue weighted by atomic mass is 10.0. The molecule has 2 aromatic carbocycles. The van der Waals surface area contributed by atoms with Crippen molar-refractivity contribution >= 4 is 17.4 Å². The van der Waals surface area contributed by atoms with Crippen LogP contribution in [0.15, 0.2) is 54.7 Å². The highest BCUT2D eigenvalue weighted by Gasteiger charge is 2.20. The maximum atomic E-state index is 13.2. The molecule has 3 aromatic rings. The minimum atomic E-state index is -0.376. The number of nitrogen functional groups attached to an aromatic ring is 1. The van der Waals surface area contributed by atoms with Crippen LogP contribution in [-0.4, -0.2) is 59.1 Å². The van der Waals surface area contributed by atoms with E-state index in [0.717, 1.165) is 0 Å². The number of ether oxygens (including phenoxy) is 1. The number of hydrogen-bond donors (Lipinski definition) is 1. The first-order chi connectivity index (χ1) is 14.5. The van der Waals surface area contributed by atoms with Crippen molar-refractivity contribution in [1.29, 1.82) is 0 Å². The van der Waals surface area contributed by atoms with Crippen LogP contribution in [-0.2, 0) is 4.74 Å². The van der Waals surface area contributed by atoms with E-state index in [1.54, 1.807) is 24.3 Å². The van der Waals surface area contributed by atoms with Gasteiger partial charge in [-0.05, 0) is 30.3 Å². The Morgan fingerprint density at radius 2 is 1.77 bits per heavy atom. The average molecular weight is 408 g/mol. The Morgan fingerprint density at radius 1 is 1.07 bits per heavy atom. The van der Waals surface area contributed by atoms with Gasteiger partial charge < -0.3 is 10.5 Å². The molecule has 1 aliphatic rings. The number of aromatic nitrogens is 2. The first-order valence-electron chi connectivity index (χ1n) is 9.60. The maximum Gasteiger partial charge on any atom is 0.198 e. The molecule has 0 spiro atoms. The van der Waals surface area contributed by atoms with Crippen LogP contribution in [0.5, 0.6) is 0 Å². The van der Waals surface area contributed by atoms with E-state index in [-0.39, 0.29) is 35.3 Å². The summed E-state index contributed by atoms with van der Waals surface area (Å²) in [7, 11) is 0. The summed E-state index contributed by atoms with van der Waals surface area (Å²) in [4.78, 5) is 27.7. The second-order valence-corrected chi connectivity index (χ2v) is 7.05. The van der Waals surface area contributed by atoms with E-state index in [1.807, 2.05) is 4.90 Å². The summed E-state index contributed by atoms with van der Waals surface area (Å²) in [5.41, 5.74) is 7.72. The van der Waals surface area contributed by atoms with Gasteiger partial charge in [-0.3, -0.25) is 14.5 Å². The molecule has 0 saturated carbocycles. The van der Waals surface area contributed by atoms with Crippen molar-refractivity contribution in [3.8, 4) is 5.69 Å². The lowest BCUT2D eigenvalue weighted by Crippen LogP contribution is -2.39. The lowest BCUT2D eigenvalue weighted by molar-refractivity contribution is 0.0371. The summed E-state index contributed by atoms with van der Waals surface area (Å²) < 4.78 is 19.8. The highest BCUT2D eigenvalue weighted by Crippen LogP contribution is 2.21. The third-order valence-corrected chi connectivity index (χ3v) is 5.04. The molecule has 0 unspecified atom stereocenters. The standard InChI is InChI=1S/C22H21FN4O3/c23-17-4-6-18(7-5-17)27-22(24)19(13-25-27)21(29)16-3-1-2-15(12-16)20(28)14-26-8-10-30-11-9-26/h1-7,12-13H,8-11,14,24H2. The SMILES string of the molecule is Nc1c(C(=O)c2cccc(C(=O)CN3CCOCC3)c2)cnn1-c1ccc(F)cc1.